The Bertz CT molecular complexity index is 1760. The number of hydrogen-bond donors (Lipinski definition) is 12. The molecular weight excluding hydrogens is 868 g/mol. The third-order valence-corrected chi connectivity index (χ3v) is 19.7. The molecule has 26 atom stereocenters. The lowest BCUT2D eigenvalue weighted by Gasteiger charge is -2.65. The Hall–Kier alpha value is -0.760. The second-order valence-corrected chi connectivity index (χ2v) is 23.9. The lowest BCUT2D eigenvalue weighted by Crippen LogP contribution is -2.66. The molecule has 0 amide bonds. The summed E-state index contributed by atoms with van der Waals surface area (Å²) in [4.78, 5) is 0. The van der Waals surface area contributed by atoms with E-state index in [1.165, 1.54) is 0 Å². The molecule has 0 aromatic heterocycles. The van der Waals surface area contributed by atoms with Crippen LogP contribution in [0.3, 0.4) is 0 Å². The van der Waals surface area contributed by atoms with Gasteiger partial charge in [0.25, 0.3) is 0 Å². The first-order valence-corrected chi connectivity index (χ1v) is 24.4. The molecular formula is C47H78O19. The highest BCUT2D eigenvalue weighted by Crippen LogP contribution is 2.89. The molecule has 12 N–H and O–H groups in total. The van der Waals surface area contributed by atoms with Gasteiger partial charge >= 0.3 is 0 Å². The van der Waals surface area contributed by atoms with Gasteiger partial charge in [0.05, 0.1) is 55.4 Å². The minimum Gasteiger partial charge on any atom is -0.394 e. The zero-order chi connectivity index (χ0) is 48.1. The monoisotopic (exact) mass is 947 g/mol. The molecule has 380 valence electrons. The zero-order valence-electron chi connectivity index (χ0n) is 39.3. The molecule has 9 aliphatic rings. The molecule has 5 aliphatic carbocycles. The van der Waals surface area contributed by atoms with E-state index in [9.17, 15) is 61.3 Å². The van der Waals surface area contributed by atoms with E-state index in [2.05, 4.69) is 34.6 Å². The average molecular weight is 947 g/mol. The quantitative estimate of drug-likeness (QED) is 0.112. The smallest absolute Gasteiger partial charge is 0.187 e. The number of fused-ring (bicyclic) bond motifs is 2. The lowest BCUT2D eigenvalue weighted by molar-refractivity contribution is -0.369. The maximum Gasteiger partial charge on any atom is 0.187 e. The molecule has 0 bridgehead atoms. The molecule has 9 fully saturated rings. The Balaban J connectivity index is 1.04. The predicted octanol–water partition coefficient (Wildman–Crippen LogP) is -1.45. The van der Waals surface area contributed by atoms with Crippen LogP contribution in [-0.2, 0) is 33.2 Å². The molecule has 4 saturated heterocycles. The maximum atomic E-state index is 12.3. The summed E-state index contributed by atoms with van der Waals surface area (Å²) in [6.45, 7) is 12.7. The fourth-order valence-electron chi connectivity index (χ4n) is 16.3. The SMILES string of the molecule is CC(C)(O)C1CC[C@](C)(C2[C@@H](O)C[C@@]3(C)C4C[C@H](O[C@@H]5O[C@H](CO)[C@@H](O)[C@@H](O)[C@H]5O)C5C(C)(C)C(O[C@@H]6OC[C@@H](O)[C@@H](O)[C@H]6O[C@@H]6O[C@H](CO)[C@@H](O)[C@@H](O)[C@H]6O)CCC56CC46CC[C@]23C)O1. The van der Waals surface area contributed by atoms with Crippen LogP contribution in [0.15, 0.2) is 0 Å². The molecule has 7 unspecified atom stereocenters. The standard InChI is InChI=1S/C47H78O19/c1-41(2)26(64-40-35(28(52)21(51)18-60-40)65-39-34(58)32(56)30(54)24(17-49)63-39)9-11-47-19-46(47)13-12-43(5)36(45(7)10-8-27(66-45)42(3,4)59)20(50)15-44(43,6)25(46)14-22(37(41)47)61-38-33(57)31(55)29(53)23(16-48)62-38/h20-40,48-59H,8-19H2,1-7H3/t20-,21+,22-,23+,24+,25?,26?,27?,28+,29+,30+,31+,32+,33+,34+,35+,36?,37?,38+,39-,40-,43+,44-,45+,46?,47?/m0/s1. The van der Waals surface area contributed by atoms with E-state index in [0.29, 0.717) is 38.5 Å². The predicted molar refractivity (Wildman–Crippen MR) is 226 cm³/mol. The highest BCUT2D eigenvalue weighted by molar-refractivity contribution is 5.33. The number of aliphatic hydroxyl groups excluding tert-OH is 11. The van der Waals surface area contributed by atoms with Gasteiger partial charge in [-0.2, -0.15) is 0 Å². The van der Waals surface area contributed by atoms with Gasteiger partial charge in [-0.15, -0.1) is 0 Å². The topological polar surface area (TPSA) is 307 Å². The minimum absolute atomic E-state index is 0.0208. The molecule has 2 spiro atoms. The van der Waals surface area contributed by atoms with Crippen molar-refractivity contribution in [3.63, 3.8) is 0 Å². The summed E-state index contributed by atoms with van der Waals surface area (Å²) in [6.07, 6.45) is -17.6. The normalized spacial score (nSPS) is 58.0. The van der Waals surface area contributed by atoms with E-state index in [1.54, 1.807) is 13.8 Å². The van der Waals surface area contributed by atoms with Gasteiger partial charge in [-0.1, -0.05) is 27.7 Å². The second kappa shape index (κ2) is 16.9. The minimum atomic E-state index is -1.80. The summed E-state index contributed by atoms with van der Waals surface area (Å²) < 4.78 is 44.3. The molecule has 9 rings (SSSR count). The Labute approximate surface area is 386 Å². The molecule has 66 heavy (non-hydrogen) atoms. The number of rotatable bonds is 10. The van der Waals surface area contributed by atoms with Crippen molar-refractivity contribution in [3.05, 3.63) is 0 Å². The summed E-state index contributed by atoms with van der Waals surface area (Å²) in [6, 6.07) is 0. The first kappa shape index (κ1) is 50.2. The van der Waals surface area contributed by atoms with Gasteiger partial charge < -0.3 is 94.4 Å². The van der Waals surface area contributed by atoms with Crippen molar-refractivity contribution >= 4 is 0 Å². The fourth-order valence-corrected chi connectivity index (χ4v) is 16.3. The van der Waals surface area contributed by atoms with Crippen LogP contribution in [0, 0.1) is 44.8 Å². The van der Waals surface area contributed by atoms with Crippen molar-refractivity contribution < 1.29 is 94.4 Å². The third-order valence-electron chi connectivity index (χ3n) is 19.7. The molecule has 5 saturated carbocycles. The summed E-state index contributed by atoms with van der Waals surface area (Å²) >= 11 is 0. The Morgan fingerprint density at radius 2 is 1.21 bits per heavy atom. The van der Waals surface area contributed by atoms with Crippen LogP contribution in [0.2, 0.25) is 0 Å². The van der Waals surface area contributed by atoms with E-state index in [0.717, 1.165) is 19.3 Å². The molecule has 0 radical (unpaired) electrons. The van der Waals surface area contributed by atoms with Crippen molar-refractivity contribution in [2.45, 2.75) is 228 Å². The van der Waals surface area contributed by atoms with Crippen LogP contribution >= 0.6 is 0 Å². The van der Waals surface area contributed by atoms with Gasteiger partial charge in [0.2, 0.25) is 0 Å². The molecule has 4 heterocycles. The third kappa shape index (κ3) is 7.30. The van der Waals surface area contributed by atoms with Crippen LogP contribution in [0.5, 0.6) is 0 Å². The summed E-state index contributed by atoms with van der Waals surface area (Å²) in [7, 11) is 0. The van der Waals surface area contributed by atoms with Crippen LogP contribution in [0.25, 0.3) is 0 Å². The van der Waals surface area contributed by atoms with Crippen molar-refractivity contribution in [1.29, 1.82) is 0 Å². The molecule has 19 nitrogen and oxygen atoms in total. The number of aliphatic hydroxyl groups is 12. The molecule has 0 aromatic carbocycles. The molecule has 4 aliphatic heterocycles. The maximum absolute atomic E-state index is 12.3. The largest absolute Gasteiger partial charge is 0.394 e. The van der Waals surface area contributed by atoms with E-state index in [1.807, 2.05) is 0 Å². The summed E-state index contributed by atoms with van der Waals surface area (Å²) in [5, 5.41) is 130. The Morgan fingerprint density at radius 1 is 0.606 bits per heavy atom. The summed E-state index contributed by atoms with van der Waals surface area (Å²) in [5.41, 5.74) is -3.78. The van der Waals surface area contributed by atoms with Crippen LogP contribution in [0.1, 0.15) is 106 Å². The lowest BCUT2D eigenvalue weighted by atomic mass is 9.41. The van der Waals surface area contributed by atoms with E-state index in [4.69, 9.17) is 33.2 Å². The van der Waals surface area contributed by atoms with Crippen LogP contribution in [0.4, 0.5) is 0 Å². The van der Waals surface area contributed by atoms with E-state index < -0.39 is 140 Å². The number of ether oxygens (including phenoxy) is 7. The van der Waals surface area contributed by atoms with Crippen molar-refractivity contribution in [3.8, 4) is 0 Å². The Morgan fingerprint density at radius 3 is 1.79 bits per heavy atom. The van der Waals surface area contributed by atoms with Crippen molar-refractivity contribution in [2.75, 3.05) is 19.8 Å². The summed E-state index contributed by atoms with van der Waals surface area (Å²) in [5.74, 6) is -0.484. The zero-order valence-corrected chi connectivity index (χ0v) is 39.3. The second-order valence-electron chi connectivity index (χ2n) is 23.9. The van der Waals surface area contributed by atoms with E-state index >= 15 is 0 Å². The number of hydrogen-bond acceptors (Lipinski definition) is 19. The van der Waals surface area contributed by atoms with Gasteiger partial charge in [-0.05, 0) is 117 Å². The van der Waals surface area contributed by atoms with Crippen LogP contribution in [-0.4, -0.2) is 203 Å². The van der Waals surface area contributed by atoms with Gasteiger partial charge in [-0.3, -0.25) is 0 Å². The highest BCUT2D eigenvalue weighted by Gasteiger charge is 2.85. The van der Waals surface area contributed by atoms with Gasteiger partial charge in [-0.25, -0.2) is 0 Å². The van der Waals surface area contributed by atoms with Crippen LogP contribution < -0.4 is 0 Å². The Kier molecular flexibility index (Phi) is 12.9. The molecule has 0 aromatic rings. The first-order chi connectivity index (χ1) is 30.7. The van der Waals surface area contributed by atoms with E-state index in [-0.39, 0.29) is 46.7 Å². The van der Waals surface area contributed by atoms with Crippen molar-refractivity contribution in [2.24, 2.45) is 44.8 Å². The van der Waals surface area contributed by atoms with Crippen molar-refractivity contribution in [1.82, 2.24) is 0 Å². The fraction of sp³-hybridized carbons (Fsp3) is 1.00. The first-order valence-electron chi connectivity index (χ1n) is 24.4. The van der Waals surface area contributed by atoms with Gasteiger partial charge in [0.1, 0.15) is 67.1 Å². The highest BCUT2D eigenvalue weighted by atomic mass is 16.8. The van der Waals surface area contributed by atoms with Gasteiger partial charge in [0, 0.05) is 5.92 Å². The molecule has 19 heteroatoms. The average Bonchev–Trinajstić information content (AvgIpc) is 3.62. The van der Waals surface area contributed by atoms with Gasteiger partial charge in [0.15, 0.2) is 18.9 Å².